The summed E-state index contributed by atoms with van der Waals surface area (Å²) in [5.41, 5.74) is 5.02. The zero-order valence-electron chi connectivity index (χ0n) is 10.5. The Labute approximate surface area is 107 Å². The number of aliphatic hydroxyl groups excluding tert-OH is 1. The van der Waals surface area contributed by atoms with Crippen molar-refractivity contribution in [3.63, 3.8) is 0 Å². The predicted molar refractivity (Wildman–Crippen MR) is 70.1 cm³/mol. The summed E-state index contributed by atoms with van der Waals surface area (Å²) in [4.78, 5) is 14.0. The Morgan fingerprint density at radius 1 is 1.44 bits per heavy atom. The number of nitrogens with one attached hydrogen (secondary N) is 1. The first-order valence-corrected chi connectivity index (χ1v) is 6.16. The summed E-state index contributed by atoms with van der Waals surface area (Å²) in [6.07, 6.45) is 1.06. The second-order valence-electron chi connectivity index (χ2n) is 4.70. The van der Waals surface area contributed by atoms with Crippen LogP contribution in [0.2, 0.25) is 0 Å². The van der Waals surface area contributed by atoms with E-state index in [9.17, 15) is 9.90 Å². The molecule has 0 saturated carbocycles. The number of hydrogen-bond donors (Lipinski definition) is 3. The molecule has 0 aromatic heterocycles. The number of likely N-dealkylation sites (tertiary alicyclic amines) is 1. The van der Waals surface area contributed by atoms with E-state index < -0.39 is 0 Å². The maximum atomic E-state index is 12.3. The predicted octanol–water partition coefficient (Wildman–Crippen LogP) is 0.878. The molecule has 5 nitrogen and oxygen atoms in total. The Kier molecular flexibility index (Phi) is 3.84. The van der Waals surface area contributed by atoms with E-state index in [4.69, 9.17) is 5.84 Å². The Balaban J connectivity index is 2.11. The van der Waals surface area contributed by atoms with Crippen molar-refractivity contribution in [2.45, 2.75) is 25.9 Å². The van der Waals surface area contributed by atoms with Gasteiger partial charge in [-0.2, -0.15) is 0 Å². The molecule has 1 aliphatic rings. The number of nitrogens with two attached hydrogens (primary N) is 1. The summed E-state index contributed by atoms with van der Waals surface area (Å²) in [7, 11) is 0. The largest absolute Gasteiger partial charge is 0.393 e. The van der Waals surface area contributed by atoms with E-state index in [1.807, 2.05) is 13.0 Å². The molecule has 5 heteroatoms. The van der Waals surface area contributed by atoms with Crippen molar-refractivity contribution in [2.75, 3.05) is 18.5 Å². The van der Waals surface area contributed by atoms with Crippen molar-refractivity contribution in [2.24, 2.45) is 5.84 Å². The molecule has 0 radical (unpaired) electrons. The van der Waals surface area contributed by atoms with Crippen molar-refractivity contribution in [3.05, 3.63) is 29.3 Å². The Morgan fingerprint density at radius 3 is 2.67 bits per heavy atom. The topological polar surface area (TPSA) is 78.6 Å². The Bertz CT molecular complexity index is 440. The quantitative estimate of drug-likeness (QED) is 0.537. The van der Waals surface area contributed by atoms with Crippen LogP contribution >= 0.6 is 0 Å². The summed E-state index contributed by atoms with van der Waals surface area (Å²) < 4.78 is 0. The lowest BCUT2D eigenvalue weighted by Crippen LogP contribution is -2.40. The molecular formula is C13H19N3O2. The first-order chi connectivity index (χ1) is 8.61. The van der Waals surface area contributed by atoms with Crippen molar-refractivity contribution >= 4 is 11.6 Å². The van der Waals surface area contributed by atoms with Gasteiger partial charge in [-0.15, -0.1) is 0 Å². The number of hydrogen-bond acceptors (Lipinski definition) is 4. The minimum Gasteiger partial charge on any atom is -0.393 e. The smallest absolute Gasteiger partial charge is 0.253 e. The van der Waals surface area contributed by atoms with Crippen LogP contribution in [0, 0.1) is 6.92 Å². The number of carbonyl (C=O) groups excluding carboxylic acids is 1. The zero-order chi connectivity index (χ0) is 13.1. The summed E-state index contributed by atoms with van der Waals surface area (Å²) in [6, 6.07) is 5.42. The van der Waals surface area contributed by atoms with Gasteiger partial charge >= 0.3 is 0 Å². The van der Waals surface area contributed by atoms with Gasteiger partial charge in [0, 0.05) is 18.7 Å². The van der Waals surface area contributed by atoms with Crippen molar-refractivity contribution < 1.29 is 9.90 Å². The van der Waals surface area contributed by atoms with Gasteiger partial charge in [-0.3, -0.25) is 10.6 Å². The van der Waals surface area contributed by atoms with Crippen molar-refractivity contribution in [1.82, 2.24) is 4.90 Å². The lowest BCUT2D eigenvalue weighted by Gasteiger charge is -2.29. The fourth-order valence-corrected chi connectivity index (χ4v) is 2.21. The highest BCUT2D eigenvalue weighted by molar-refractivity contribution is 5.95. The van der Waals surface area contributed by atoms with Crippen molar-refractivity contribution in [3.8, 4) is 0 Å². The van der Waals surface area contributed by atoms with E-state index in [1.165, 1.54) is 0 Å². The highest BCUT2D eigenvalue weighted by atomic mass is 16.3. The molecule has 0 spiro atoms. The van der Waals surface area contributed by atoms with Crippen LogP contribution in [0.15, 0.2) is 18.2 Å². The molecule has 1 aliphatic heterocycles. The van der Waals surface area contributed by atoms with E-state index in [-0.39, 0.29) is 12.0 Å². The third-order valence-corrected chi connectivity index (χ3v) is 3.38. The number of rotatable bonds is 2. The van der Waals surface area contributed by atoms with Crippen LogP contribution in [-0.4, -0.2) is 35.1 Å². The minimum atomic E-state index is -0.264. The summed E-state index contributed by atoms with van der Waals surface area (Å²) in [5.74, 6) is 5.38. The minimum absolute atomic E-state index is 0.0218. The normalized spacial score (nSPS) is 16.7. The number of anilines is 1. The van der Waals surface area contributed by atoms with Gasteiger partial charge < -0.3 is 15.4 Å². The molecule has 1 saturated heterocycles. The number of nitrogens with zero attached hydrogens (tertiary/aromatic N) is 1. The van der Waals surface area contributed by atoms with E-state index in [0.717, 1.165) is 11.3 Å². The second-order valence-corrected chi connectivity index (χ2v) is 4.70. The van der Waals surface area contributed by atoms with Crippen LogP contribution in [0.5, 0.6) is 0 Å². The highest BCUT2D eigenvalue weighted by Gasteiger charge is 2.22. The van der Waals surface area contributed by atoms with Gasteiger partial charge in [-0.05, 0) is 43.5 Å². The summed E-state index contributed by atoms with van der Waals surface area (Å²) in [6.45, 7) is 3.15. The number of hydrazine groups is 1. The molecule has 18 heavy (non-hydrogen) atoms. The molecule has 1 fully saturated rings. The van der Waals surface area contributed by atoms with Gasteiger partial charge in [-0.1, -0.05) is 0 Å². The van der Waals surface area contributed by atoms with E-state index >= 15 is 0 Å². The lowest BCUT2D eigenvalue weighted by atomic mass is 10.0. The number of carbonyl (C=O) groups is 1. The van der Waals surface area contributed by atoms with E-state index in [0.29, 0.717) is 31.5 Å². The number of nitrogen functional groups attached to an aromatic ring is 1. The average Bonchev–Trinajstić information content (AvgIpc) is 2.38. The second kappa shape index (κ2) is 5.37. The SMILES string of the molecule is Cc1cc(C(=O)N2CCC(O)CC2)ccc1NN. The van der Waals surface area contributed by atoms with Gasteiger partial charge in [-0.25, -0.2) is 0 Å². The van der Waals surface area contributed by atoms with Crippen LogP contribution in [0.25, 0.3) is 0 Å². The van der Waals surface area contributed by atoms with Crippen LogP contribution < -0.4 is 11.3 Å². The summed E-state index contributed by atoms with van der Waals surface area (Å²) >= 11 is 0. The lowest BCUT2D eigenvalue weighted by molar-refractivity contribution is 0.0546. The molecule has 98 valence electrons. The van der Waals surface area contributed by atoms with Gasteiger partial charge in [0.1, 0.15) is 0 Å². The molecule has 1 aromatic carbocycles. The van der Waals surface area contributed by atoms with Gasteiger partial charge in [0.2, 0.25) is 0 Å². The molecule has 0 unspecified atom stereocenters. The average molecular weight is 249 g/mol. The molecule has 0 atom stereocenters. The molecule has 1 heterocycles. The van der Waals surface area contributed by atoms with Gasteiger partial charge in [0.15, 0.2) is 0 Å². The first kappa shape index (κ1) is 12.9. The number of piperidine rings is 1. The van der Waals surface area contributed by atoms with Crippen LogP contribution in [-0.2, 0) is 0 Å². The molecule has 1 aromatic rings. The zero-order valence-corrected chi connectivity index (χ0v) is 10.5. The number of aliphatic hydroxyl groups is 1. The summed E-state index contributed by atoms with van der Waals surface area (Å²) in [5, 5.41) is 9.43. The van der Waals surface area contributed by atoms with E-state index in [2.05, 4.69) is 5.43 Å². The molecule has 4 N–H and O–H groups in total. The third kappa shape index (κ3) is 2.63. The van der Waals surface area contributed by atoms with Crippen LogP contribution in [0.3, 0.4) is 0 Å². The number of amides is 1. The van der Waals surface area contributed by atoms with Crippen molar-refractivity contribution in [1.29, 1.82) is 0 Å². The van der Waals surface area contributed by atoms with Crippen LogP contribution in [0.1, 0.15) is 28.8 Å². The monoisotopic (exact) mass is 249 g/mol. The number of aryl methyl sites for hydroxylation is 1. The fourth-order valence-electron chi connectivity index (χ4n) is 2.21. The standard InChI is InChI=1S/C13H19N3O2/c1-9-8-10(2-3-12(9)15-14)13(18)16-6-4-11(17)5-7-16/h2-3,8,11,15,17H,4-7,14H2,1H3. The molecule has 0 bridgehead atoms. The Hall–Kier alpha value is -1.59. The molecular weight excluding hydrogens is 230 g/mol. The Morgan fingerprint density at radius 2 is 2.11 bits per heavy atom. The molecule has 2 rings (SSSR count). The maximum Gasteiger partial charge on any atom is 0.253 e. The van der Waals surface area contributed by atoms with E-state index in [1.54, 1.807) is 17.0 Å². The maximum absolute atomic E-state index is 12.3. The fraction of sp³-hybridized carbons (Fsp3) is 0.462. The van der Waals surface area contributed by atoms with Crippen LogP contribution in [0.4, 0.5) is 5.69 Å². The van der Waals surface area contributed by atoms with Gasteiger partial charge in [0.05, 0.1) is 11.8 Å². The van der Waals surface area contributed by atoms with Gasteiger partial charge in [0.25, 0.3) is 5.91 Å². The highest BCUT2D eigenvalue weighted by Crippen LogP contribution is 2.18. The third-order valence-electron chi connectivity index (χ3n) is 3.38. The molecule has 1 amide bonds. The first-order valence-electron chi connectivity index (χ1n) is 6.16. The molecule has 0 aliphatic carbocycles. The number of benzene rings is 1.